The van der Waals surface area contributed by atoms with Crippen molar-refractivity contribution in [1.29, 1.82) is 0 Å². The maximum absolute atomic E-state index is 12.0. The molecule has 1 aromatic carbocycles. The normalized spacial score (nSPS) is 19.6. The monoisotopic (exact) mass is 285 g/mol. The molecule has 1 fully saturated rings. The van der Waals surface area contributed by atoms with Crippen molar-refractivity contribution in [3.8, 4) is 0 Å². The summed E-state index contributed by atoms with van der Waals surface area (Å²) in [5, 5.41) is 8.80. The number of rotatable bonds is 3. The third kappa shape index (κ3) is 3.24. The second-order valence-electron chi connectivity index (χ2n) is 4.50. The lowest BCUT2D eigenvalue weighted by molar-refractivity contribution is 0.146. The van der Waals surface area contributed by atoms with E-state index in [0.29, 0.717) is 13.0 Å². The van der Waals surface area contributed by atoms with Gasteiger partial charge in [0.05, 0.1) is 17.5 Å². The van der Waals surface area contributed by atoms with E-state index >= 15 is 0 Å². The number of aryl methyl sites for hydroxylation is 1. The van der Waals surface area contributed by atoms with Crippen LogP contribution in [0.3, 0.4) is 0 Å². The van der Waals surface area contributed by atoms with Crippen LogP contribution in [0.15, 0.2) is 29.2 Å². The Morgan fingerprint density at radius 3 is 2.53 bits per heavy atom. The molecule has 0 saturated carbocycles. The van der Waals surface area contributed by atoms with Gasteiger partial charge in [-0.2, -0.15) is 8.42 Å². The SMILES string of the molecule is Cc1ccc(S(=O)(=O)OC2CCN(C(=O)O)C2)cc1. The van der Waals surface area contributed by atoms with Gasteiger partial charge in [-0.3, -0.25) is 4.18 Å². The van der Waals surface area contributed by atoms with Crippen molar-refractivity contribution in [1.82, 2.24) is 4.90 Å². The summed E-state index contributed by atoms with van der Waals surface area (Å²) in [6, 6.07) is 6.34. The van der Waals surface area contributed by atoms with Gasteiger partial charge in [0, 0.05) is 6.54 Å². The maximum Gasteiger partial charge on any atom is 0.407 e. The fourth-order valence-electron chi connectivity index (χ4n) is 1.92. The van der Waals surface area contributed by atoms with E-state index in [0.717, 1.165) is 10.5 Å². The van der Waals surface area contributed by atoms with Crippen LogP contribution in [0.2, 0.25) is 0 Å². The Morgan fingerprint density at radius 2 is 2.00 bits per heavy atom. The van der Waals surface area contributed by atoms with Crippen LogP contribution in [0.25, 0.3) is 0 Å². The number of carboxylic acid groups (broad SMARTS) is 1. The van der Waals surface area contributed by atoms with Gasteiger partial charge < -0.3 is 10.0 Å². The molecule has 1 saturated heterocycles. The number of nitrogens with zero attached hydrogens (tertiary/aromatic N) is 1. The standard InChI is InChI=1S/C12H15NO5S/c1-9-2-4-11(5-3-9)19(16,17)18-10-6-7-13(8-10)12(14)15/h2-5,10H,6-8H2,1H3,(H,14,15). The van der Waals surface area contributed by atoms with E-state index in [-0.39, 0.29) is 11.4 Å². The highest BCUT2D eigenvalue weighted by molar-refractivity contribution is 7.86. The van der Waals surface area contributed by atoms with Crippen molar-refractivity contribution in [3.63, 3.8) is 0 Å². The van der Waals surface area contributed by atoms with Gasteiger partial charge in [-0.25, -0.2) is 4.79 Å². The van der Waals surface area contributed by atoms with E-state index in [1.165, 1.54) is 12.1 Å². The van der Waals surface area contributed by atoms with Crippen molar-refractivity contribution in [2.24, 2.45) is 0 Å². The average Bonchev–Trinajstić information content (AvgIpc) is 2.77. The van der Waals surface area contributed by atoms with Gasteiger partial charge in [0.25, 0.3) is 10.1 Å². The molecule has 104 valence electrons. The average molecular weight is 285 g/mol. The summed E-state index contributed by atoms with van der Waals surface area (Å²) < 4.78 is 29.0. The predicted molar refractivity (Wildman–Crippen MR) is 67.5 cm³/mol. The Bertz CT molecular complexity index is 566. The summed E-state index contributed by atoms with van der Waals surface area (Å²) in [4.78, 5) is 12.0. The van der Waals surface area contributed by atoms with E-state index in [2.05, 4.69) is 0 Å². The Kier molecular flexibility index (Phi) is 3.77. The highest BCUT2D eigenvalue weighted by Gasteiger charge is 2.30. The first-order valence-corrected chi connectivity index (χ1v) is 7.27. The fraction of sp³-hybridized carbons (Fsp3) is 0.417. The molecular weight excluding hydrogens is 270 g/mol. The lowest BCUT2D eigenvalue weighted by atomic mass is 10.2. The Balaban J connectivity index is 2.06. The minimum absolute atomic E-state index is 0.0838. The Hall–Kier alpha value is -1.60. The topological polar surface area (TPSA) is 83.9 Å². The van der Waals surface area contributed by atoms with E-state index in [4.69, 9.17) is 9.29 Å². The molecule has 1 aromatic rings. The van der Waals surface area contributed by atoms with Crippen LogP contribution in [-0.2, 0) is 14.3 Å². The molecule has 0 radical (unpaired) electrons. The zero-order valence-corrected chi connectivity index (χ0v) is 11.3. The number of benzene rings is 1. The quantitative estimate of drug-likeness (QED) is 0.850. The van der Waals surface area contributed by atoms with Crippen LogP contribution in [0, 0.1) is 6.92 Å². The van der Waals surface area contributed by atoms with Gasteiger partial charge in [0.15, 0.2) is 0 Å². The third-order valence-electron chi connectivity index (χ3n) is 2.99. The van der Waals surface area contributed by atoms with Crippen molar-refractivity contribution >= 4 is 16.2 Å². The van der Waals surface area contributed by atoms with Gasteiger partial charge in [-0.1, -0.05) is 17.7 Å². The van der Waals surface area contributed by atoms with Crippen molar-refractivity contribution in [3.05, 3.63) is 29.8 Å². The molecule has 1 aliphatic heterocycles. The van der Waals surface area contributed by atoms with E-state index in [9.17, 15) is 13.2 Å². The minimum atomic E-state index is -3.83. The van der Waals surface area contributed by atoms with Crippen LogP contribution in [0.1, 0.15) is 12.0 Å². The summed E-state index contributed by atoms with van der Waals surface area (Å²) in [5.41, 5.74) is 0.955. The van der Waals surface area contributed by atoms with Gasteiger partial charge in [-0.05, 0) is 25.5 Å². The molecule has 1 heterocycles. The van der Waals surface area contributed by atoms with Crippen molar-refractivity contribution < 1.29 is 22.5 Å². The number of hydrogen-bond acceptors (Lipinski definition) is 4. The summed E-state index contributed by atoms with van der Waals surface area (Å²) >= 11 is 0. The maximum atomic E-state index is 12.0. The zero-order chi connectivity index (χ0) is 14.0. The number of amides is 1. The number of likely N-dealkylation sites (tertiary alicyclic amines) is 1. The van der Waals surface area contributed by atoms with Gasteiger partial charge >= 0.3 is 6.09 Å². The second kappa shape index (κ2) is 5.18. The number of hydrogen-bond donors (Lipinski definition) is 1. The second-order valence-corrected chi connectivity index (χ2v) is 6.07. The highest BCUT2D eigenvalue weighted by atomic mass is 32.2. The van der Waals surface area contributed by atoms with Crippen molar-refractivity contribution in [2.45, 2.75) is 24.3 Å². The summed E-state index contributed by atoms with van der Waals surface area (Å²) in [6.45, 7) is 2.24. The van der Waals surface area contributed by atoms with E-state index < -0.39 is 22.3 Å². The smallest absolute Gasteiger partial charge is 0.407 e. The minimum Gasteiger partial charge on any atom is -0.465 e. The first-order chi connectivity index (χ1) is 8.88. The molecule has 0 aliphatic carbocycles. The summed E-state index contributed by atoms with van der Waals surface area (Å²) in [7, 11) is -3.83. The predicted octanol–water partition coefficient (Wildman–Crippen LogP) is 1.45. The van der Waals surface area contributed by atoms with Gasteiger partial charge in [0.2, 0.25) is 0 Å². The molecule has 1 aliphatic rings. The van der Waals surface area contributed by atoms with E-state index in [1.54, 1.807) is 12.1 Å². The van der Waals surface area contributed by atoms with Crippen LogP contribution in [0.5, 0.6) is 0 Å². The van der Waals surface area contributed by atoms with Crippen molar-refractivity contribution in [2.75, 3.05) is 13.1 Å². The molecule has 1 amide bonds. The molecule has 0 bridgehead atoms. The van der Waals surface area contributed by atoms with Crippen LogP contribution in [0.4, 0.5) is 4.79 Å². The van der Waals surface area contributed by atoms with Gasteiger partial charge in [-0.15, -0.1) is 0 Å². The summed E-state index contributed by atoms with van der Waals surface area (Å²) in [5.74, 6) is 0. The van der Waals surface area contributed by atoms with Crippen LogP contribution < -0.4 is 0 Å². The molecular formula is C12H15NO5S. The van der Waals surface area contributed by atoms with Crippen LogP contribution >= 0.6 is 0 Å². The summed E-state index contributed by atoms with van der Waals surface area (Å²) in [6.07, 6.45) is -1.28. The fourth-order valence-corrected chi connectivity index (χ4v) is 3.02. The zero-order valence-electron chi connectivity index (χ0n) is 10.4. The highest BCUT2D eigenvalue weighted by Crippen LogP contribution is 2.20. The molecule has 1 atom stereocenters. The first-order valence-electron chi connectivity index (χ1n) is 5.86. The molecule has 0 aromatic heterocycles. The first kappa shape index (κ1) is 13.8. The molecule has 2 rings (SSSR count). The molecule has 19 heavy (non-hydrogen) atoms. The molecule has 0 spiro atoms. The van der Waals surface area contributed by atoms with E-state index in [1.807, 2.05) is 6.92 Å². The third-order valence-corrected chi connectivity index (χ3v) is 4.36. The van der Waals surface area contributed by atoms with Crippen LogP contribution in [-0.4, -0.2) is 43.7 Å². The van der Waals surface area contributed by atoms with Gasteiger partial charge in [0.1, 0.15) is 0 Å². The number of carbonyl (C=O) groups is 1. The molecule has 1 unspecified atom stereocenters. The Labute approximate surface area is 111 Å². The molecule has 6 nitrogen and oxygen atoms in total. The largest absolute Gasteiger partial charge is 0.465 e. The lowest BCUT2D eigenvalue weighted by Crippen LogP contribution is -2.29. The Morgan fingerprint density at radius 1 is 1.37 bits per heavy atom. The lowest BCUT2D eigenvalue weighted by Gasteiger charge is -2.13. The molecule has 7 heteroatoms. The molecule has 1 N–H and O–H groups in total.